The van der Waals surface area contributed by atoms with E-state index in [9.17, 15) is 4.79 Å². The van der Waals surface area contributed by atoms with E-state index in [0.29, 0.717) is 36.3 Å². The molecule has 0 atom stereocenters. The summed E-state index contributed by atoms with van der Waals surface area (Å²) in [6.07, 6.45) is 5.61. The molecular weight excluding hydrogens is 356 g/mol. The van der Waals surface area contributed by atoms with Crippen LogP contribution < -0.4 is 0 Å². The van der Waals surface area contributed by atoms with Crippen molar-refractivity contribution in [2.75, 3.05) is 27.2 Å². The molecule has 0 spiro atoms. The van der Waals surface area contributed by atoms with Gasteiger partial charge < -0.3 is 19.3 Å². The summed E-state index contributed by atoms with van der Waals surface area (Å²) in [7, 11) is 3.99. The molecule has 0 aliphatic heterocycles. The minimum absolute atomic E-state index is 0.0187. The van der Waals surface area contributed by atoms with E-state index in [1.807, 2.05) is 43.3 Å². The quantitative estimate of drug-likeness (QED) is 0.646. The van der Waals surface area contributed by atoms with E-state index in [0.717, 1.165) is 30.6 Å². The number of benzene rings is 1. The standard InChI is InChI=1S/C20H24N6O2/c1-25(2)9-10-26(12-17-11-21-13-22-17)20(27)16-7-3-14(4-8-16)18-23-19(28-24-18)15-5-6-15/h3-4,7-8,11,13,15H,5-6,9-10,12H2,1-2H3,(H,21,22). The van der Waals surface area contributed by atoms with Crippen LogP contribution in [0.4, 0.5) is 0 Å². The third-order valence-corrected chi connectivity index (χ3v) is 4.78. The van der Waals surface area contributed by atoms with E-state index >= 15 is 0 Å². The van der Waals surface area contributed by atoms with Gasteiger partial charge in [0.1, 0.15) is 0 Å². The number of carbonyl (C=O) groups excluding carboxylic acids is 1. The van der Waals surface area contributed by atoms with Gasteiger partial charge in [-0.2, -0.15) is 4.98 Å². The van der Waals surface area contributed by atoms with Gasteiger partial charge in [0.05, 0.1) is 18.6 Å². The number of nitrogens with one attached hydrogen (secondary N) is 1. The largest absolute Gasteiger partial charge is 0.347 e. The third-order valence-electron chi connectivity index (χ3n) is 4.78. The van der Waals surface area contributed by atoms with Gasteiger partial charge >= 0.3 is 0 Å². The van der Waals surface area contributed by atoms with Crippen LogP contribution in [0.1, 0.15) is 40.7 Å². The predicted molar refractivity (Wildman–Crippen MR) is 104 cm³/mol. The molecule has 1 aromatic carbocycles. The molecule has 0 bridgehead atoms. The van der Waals surface area contributed by atoms with Crippen LogP contribution >= 0.6 is 0 Å². The highest BCUT2D eigenvalue weighted by molar-refractivity contribution is 5.94. The highest BCUT2D eigenvalue weighted by Gasteiger charge is 2.29. The molecule has 0 radical (unpaired) electrons. The van der Waals surface area contributed by atoms with E-state index in [1.54, 1.807) is 12.5 Å². The second-order valence-corrected chi connectivity index (χ2v) is 7.41. The number of amides is 1. The summed E-state index contributed by atoms with van der Waals surface area (Å²) in [5, 5.41) is 4.06. The van der Waals surface area contributed by atoms with Gasteiger partial charge in [-0.1, -0.05) is 17.3 Å². The first-order valence-electron chi connectivity index (χ1n) is 9.45. The number of hydrogen-bond acceptors (Lipinski definition) is 6. The first-order chi connectivity index (χ1) is 13.6. The molecule has 4 rings (SSSR count). The summed E-state index contributed by atoms with van der Waals surface area (Å²) in [6.45, 7) is 1.90. The lowest BCUT2D eigenvalue weighted by Gasteiger charge is -2.24. The summed E-state index contributed by atoms with van der Waals surface area (Å²) < 4.78 is 5.32. The average Bonchev–Trinajstić information content (AvgIpc) is 3.21. The van der Waals surface area contributed by atoms with Crippen LogP contribution in [0.2, 0.25) is 0 Å². The molecule has 1 saturated carbocycles. The molecule has 8 heteroatoms. The van der Waals surface area contributed by atoms with Crippen LogP contribution in [0.15, 0.2) is 41.3 Å². The SMILES string of the molecule is CN(C)CCN(Cc1cnc[nH]1)C(=O)c1ccc(-c2noc(C3CC3)n2)cc1. The highest BCUT2D eigenvalue weighted by Crippen LogP contribution is 2.39. The maximum Gasteiger partial charge on any atom is 0.254 e. The lowest BCUT2D eigenvalue weighted by molar-refractivity contribution is 0.0730. The number of imidazole rings is 1. The highest BCUT2D eigenvalue weighted by atomic mass is 16.5. The van der Waals surface area contributed by atoms with E-state index in [-0.39, 0.29) is 5.91 Å². The molecule has 1 aliphatic carbocycles. The Morgan fingerprint density at radius 3 is 2.64 bits per heavy atom. The lowest BCUT2D eigenvalue weighted by atomic mass is 10.1. The summed E-state index contributed by atoms with van der Waals surface area (Å²) in [5.41, 5.74) is 2.39. The third kappa shape index (κ3) is 4.28. The number of carbonyl (C=O) groups is 1. The number of rotatable bonds is 8. The predicted octanol–water partition coefficient (Wildman–Crippen LogP) is 2.54. The number of hydrogen-bond donors (Lipinski definition) is 1. The monoisotopic (exact) mass is 380 g/mol. The van der Waals surface area contributed by atoms with Gasteiger partial charge in [0.2, 0.25) is 11.7 Å². The van der Waals surface area contributed by atoms with Gasteiger partial charge in [-0.25, -0.2) is 4.98 Å². The fraction of sp³-hybridized carbons (Fsp3) is 0.400. The van der Waals surface area contributed by atoms with Crippen molar-refractivity contribution >= 4 is 5.91 Å². The molecular formula is C20H24N6O2. The van der Waals surface area contributed by atoms with Crippen molar-refractivity contribution < 1.29 is 9.32 Å². The van der Waals surface area contributed by atoms with Crippen molar-refractivity contribution in [2.45, 2.75) is 25.3 Å². The number of nitrogens with zero attached hydrogens (tertiary/aromatic N) is 5. The second-order valence-electron chi connectivity index (χ2n) is 7.41. The minimum atomic E-state index is -0.0187. The summed E-state index contributed by atoms with van der Waals surface area (Å²) in [4.78, 5) is 28.5. The molecule has 0 unspecified atom stereocenters. The molecule has 1 fully saturated rings. The van der Waals surface area contributed by atoms with Crippen molar-refractivity contribution in [2.24, 2.45) is 0 Å². The van der Waals surface area contributed by atoms with Gasteiger partial charge in [-0.3, -0.25) is 4.79 Å². The fourth-order valence-corrected chi connectivity index (χ4v) is 2.94. The summed E-state index contributed by atoms with van der Waals surface area (Å²) in [5.74, 6) is 1.69. The maximum atomic E-state index is 13.1. The number of likely N-dealkylation sites (N-methyl/N-ethyl adjacent to an activating group) is 1. The Kier molecular flexibility index (Phi) is 5.21. The molecule has 1 N–H and O–H groups in total. The molecule has 8 nitrogen and oxygen atoms in total. The van der Waals surface area contributed by atoms with Crippen LogP contribution in [-0.4, -0.2) is 63.0 Å². The smallest absolute Gasteiger partial charge is 0.254 e. The van der Waals surface area contributed by atoms with Crippen LogP contribution in [0.3, 0.4) is 0 Å². The molecule has 1 amide bonds. The van der Waals surface area contributed by atoms with Gasteiger partial charge in [-0.05, 0) is 39.1 Å². The van der Waals surface area contributed by atoms with Gasteiger partial charge in [0.15, 0.2) is 0 Å². The molecule has 28 heavy (non-hydrogen) atoms. The van der Waals surface area contributed by atoms with Crippen molar-refractivity contribution in [3.8, 4) is 11.4 Å². The molecule has 0 saturated heterocycles. The van der Waals surface area contributed by atoms with E-state index in [4.69, 9.17) is 4.52 Å². The van der Waals surface area contributed by atoms with Crippen molar-refractivity contribution in [3.63, 3.8) is 0 Å². The van der Waals surface area contributed by atoms with Gasteiger partial charge in [-0.15, -0.1) is 0 Å². The van der Waals surface area contributed by atoms with Crippen molar-refractivity contribution in [1.82, 2.24) is 29.9 Å². The summed E-state index contributed by atoms with van der Waals surface area (Å²) >= 11 is 0. The van der Waals surface area contributed by atoms with Crippen LogP contribution in [0, 0.1) is 0 Å². The zero-order valence-electron chi connectivity index (χ0n) is 16.1. The van der Waals surface area contributed by atoms with Gasteiger partial charge in [0.25, 0.3) is 5.91 Å². The fourth-order valence-electron chi connectivity index (χ4n) is 2.94. The Morgan fingerprint density at radius 1 is 1.21 bits per heavy atom. The Hall–Kier alpha value is -3.00. The summed E-state index contributed by atoms with van der Waals surface area (Å²) in [6, 6.07) is 7.38. The van der Waals surface area contributed by atoms with Crippen molar-refractivity contribution in [3.05, 3.63) is 53.9 Å². The van der Waals surface area contributed by atoms with Crippen LogP contribution in [0.25, 0.3) is 11.4 Å². The van der Waals surface area contributed by atoms with E-state index < -0.39 is 0 Å². The molecule has 2 heterocycles. The molecule has 1 aliphatic rings. The Labute approximate surface area is 163 Å². The van der Waals surface area contributed by atoms with Gasteiger partial charge in [0, 0.05) is 36.3 Å². The zero-order valence-corrected chi connectivity index (χ0v) is 16.1. The first kappa shape index (κ1) is 18.4. The lowest BCUT2D eigenvalue weighted by Crippen LogP contribution is -2.36. The molecule has 3 aromatic rings. The molecule has 2 aromatic heterocycles. The minimum Gasteiger partial charge on any atom is -0.347 e. The van der Waals surface area contributed by atoms with Crippen LogP contribution in [0.5, 0.6) is 0 Å². The second kappa shape index (κ2) is 7.93. The molecule has 146 valence electrons. The zero-order chi connectivity index (χ0) is 19.5. The Balaban J connectivity index is 1.48. The normalized spacial score (nSPS) is 13.8. The Morgan fingerprint density at radius 2 is 2.00 bits per heavy atom. The first-order valence-corrected chi connectivity index (χ1v) is 9.45. The van der Waals surface area contributed by atoms with E-state index in [2.05, 4.69) is 25.0 Å². The number of aromatic nitrogens is 4. The maximum absolute atomic E-state index is 13.1. The number of aromatic amines is 1. The number of H-pyrrole nitrogens is 1. The topological polar surface area (TPSA) is 91.2 Å². The Bertz CT molecular complexity index is 913. The van der Waals surface area contributed by atoms with Crippen molar-refractivity contribution in [1.29, 1.82) is 0 Å². The average molecular weight is 380 g/mol. The van der Waals surface area contributed by atoms with Crippen LogP contribution in [-0.2, 0) is 6.54 Å². The van der Waals surface area contributed by atoms with E-state index in [1.165, 1.54) is 0 Å².